The van der Waals surface area contributed by atoms with Crippen molar-refractivity contribution in [2.45, 2.75) is 135 Å². The number of thiophene rings is 2. The highest BCUT2D eigenvalue weighted by Crippen LogP contribution is 2.42. The first kappa shape index (κ1) is 60.1. The Morgan fingerprint density at radius 3 is 1.58 bits per heavy atom. The molecule has 79 heavy (non-hydrogen) atoms. The first-order valence-corrected chi connectivity index (χ1v) is 29.0. The van der Waals surface area contributed by atoms with E-state index in [0.717, 1.165) is 38.4 Å². The summed E-state index contributed by atoms with van der Waals surface area (Å²) in [7, 11) is 0. The van der Waals surface area contributed by atoms with Crippen LogP contribution < -0.4 is 0 Å². The van der Waals surface area contributed by atoms with Crippen molar-refractivity contribution in [1.82, 2.24) is 4.90 Å². The summed E-state index contributed by atoms with van der Waals surface area (Å²) in [5.41, 5.74) is 8.10. The molecule has 11 rings (SSSR count). The molecule has 5 fully saturated rings. The Hall–Kier alpha value is -4.98. The van der Waals surface area contributed by atoms with Gasteiger partial charge in [0.05, 0.1) is 24.3 Å². The number of aliphatic hydroxyl groups excluding tert-OH is 3. The number of morpholine rings is 1. The van der Waals surface area contributed by atoms with E-state index in [4.69, 9.17) is 43.4 Å². The van der Waals surface area contributed by atoms with Crippen molar-refractivity contribution in [3.63, 3.8) is 0 Å². The van der Waals surface area contributed by atoms with Crippen LogP contribution in [-0.2, 0) is 50.8 Å². The number of aliphatic hydroxyl groups is 3. The van der Waals surface area contributed by atoms with E-state index in [2.05, 4.69) is 65.9 Å². The number of carboxylic acid groups (broad SMARTS) is 2. The van der Waals surface area contributed by atoms with Gasteiger partial charge in [0.2, 0.25) is 0 Å². The van der Waals surface area contributed by atoms with Crippen LogP contribution in [0.5, 0.6) is 0 Å². The molecule has 0 bridgehead atoms. The third-order valence-electron chi connectivity index (χ3n) is 13.9. The molecule has 2 aromatic heterocycles. The number of hydrogen-bond donors (Lipinski definition) is 5. The number of carbonyl (C=O) groups excluding carboxylic acids is 1. The minimum Gasteiger partial charge on any atom is -0.478 e. The Labute approximate surface area is 481 Å². The number of carbonyl (C=O) groups is 3. The highest BCUT2D eigenvalue weighted by molar-refractivity contribution is 14.1. The number of benzene rings is 4. The lowest BCUT2D eigenvalue weighted by atomic mass is 9.94. The maximum atomic E-state index is 12.3. The number of fused-ring (bicyclic) bond motifs is 2. The molecule has 7 heterocycles. The van der Waals surface area contributed by atoms with Crippen LogP contribution in [0.15, 0.2) is 109 Å². The fraction of sp³-hybridized carbons (Fsp3) is 0.417. The Kier molecular flexibility index (Phi) is 19.7. The molecule has 16 nitrogen and oxygen atoms in total. The Morgan fingerprint density at radius 2 is 1.10 bits per heavy atom. The van der Waals surface area contributed by atoms with Crippen LogP contribution in [0.25, 0.3) is 20.9 Å². The van der Waals surface area contributed by atoms with Crippen molar-refractivity contribution in [3.05, 3.63) is 161 Å². The van der Waals surface area contributed by atoms with Gasteiger partial charge in [-0.25, -0.2) is 9.59 Å². The van der Waals surface area contributed by atoms with Crippen LogP contribution in [-0.4, -0.2) is 135 Å². The summed E-state index contributed by atoms with van der Waals surface area (Å²) in [6.45, 7) is 17.3. The molecule has 5 saturated heterocycles. The molecule has 0 saturated carbocycles. The van der Waals surface area contributed by atoms with E-state index in [1.807, 2.05) is 69.3 Å². The van der Waals surface area contributed by atoms with Gasteiger partial charge in [-0.1, -0.05) is 62.4 Å². The minimum absolute atomic E-state index is 0.227. The van der Waals surface area contributed by atoms with Crippen LogP contribution in [0.2, 0.25) is 0 Å². The number of nitrogens with zero attached hydrogens (tertiary/aromatic N) is 1. The predicted octanol–water partition coefficient (Wildman–Crippen LogP) is 10.0. The first-order valence-electron chi connectivity index (χ1n) is 26.2. The summed E-state index contributed by atoms with van der Waals surface area (Å²) in [6.07, 6.45) is -5.81. The second kappa shape index (κ2) is 25.9. The number of amides is 1. The SMILES string of the molecule is CC.CC1(C)O[C@@H]2O[C@@H](C(=O)N3CCOCC3)[C@@H](O)[C@@H]2O1.Cc1ccc(C(O)[C@@H]2O[C@H]3OC(C)(C)O[C@H]3[C@@H]2O)cc1Cc1ccc(-c2ccc(C(=O)O)cc2)s1.Cc1ccc(I)cc1Cc1ccc(-c2ccc(C(=O)O)cc2)s1. The molecule has 19 heteroatoms. The molecule has 5 N–H and O–H groups in total. The van der Waals surface area contributed by atoms with E-state index in [9.17, 15) is 29.7 Å². The molecule has 0 spiro atoms. The van der Waals surface area contributed by atoms with E-state index in [1.54, 1.807) is 79.5 Å². The molecule has 4 aromatic carbocycles. The molecule has 0 radical (unpaired) electrons. The standard InChI is InChI=1S/C27H28O7S.C19H15IO2S.C12H19NO6.C2H6/c1-14-4-5-17(21(28)23-22(29)24-26(32-23)34-27(2,3)33-24)12-18(14)13-19-10-11-20(35-19)15-6-8-16(9-7-15)25(30)31;1-12-2-7-16(20)10-15(12)11-17-8-9-18(23-17)13-3-5-14(6-4-13)19(21)22;1-12(2)18-9-7(14)8(17-11(9)19-12)10(15)13-3-5-16-6-4-13;1-2/h4-12,21-24,26,28-29H,13H2,1-3H3,(H,30,31);2-10H,11H2,1H3,(H,21,22);7-9,11,14H,3-6H2,1-2H3;1-2H3/t21?,22-,23+,24+,26+;;7-,8-,9+,11+;/m1.1./s1. The van der Waals surface area contributed by atoms with Gasteiger partial charge >= 0.3 is 11.9 Å². The lowest BCUT2D eigenvalue weighted by molar-refractivity contribution is -0.226. The molecule has 422 valence electrons. The number of hydrogen-bond acceptors (Lipinski definition) is 15. The summed E-state index contributed by atoms with van der Waals surface area (Å²) in [5, 5.41) is 50.0. The Bertz CT molecular complexity index is 3060. The number of aryl methyl sites for hydroxylation is 2. The Balaban J connectivity index is 0.000000162. The lowest BCUT2D eigenvalue weighted by Crippen LogP contribution is -2.50. The summed E-state index contributed by atoms with van der Waals surface area (Å²) < 4.78 is 40.3. The van der Waals surface area contributed by atoms with E-state index in [0.29, 0.717) is 43.9 Å². The third-order valence-corrected chi connectivity index (χ3v) is 16.8. The molecule has 1 amide bonds. The summed E-state index contributed by atoms with van der Waals surface area (Å²) >= 11 is 5.75. The molecule has 6 aromatic rings. The Morgan fingerprint density at radius 1 is 0.633 bits per heavy atom. The summed E-state index contributed by atoms with van der Waals surface area (Å²) in [5.74, 6) is -3.68. The molecule has 0 aliphatic carbocycles. The van der Waals surface area contributed by atoms with Gasteiger partial charge in [0.15, 0.2) is 30.3 Å². The van der Waals surface area contributed by atoms with Crippen molar-refractivity contribution >= 4 is 63.1 Å². The molecule has 9 atom stereocenters. The van der Waals surface area contributed by atoms with Crippen LogP contribution in [0, 0.1) is 17.4 Å². The van der Waals surface area contributed by atoms with Crippen molar-refractivity contribution in [2.24, 2.45) is 0 Å². The summed E-state index contributed by atoms with van der Waals surface area (Å²) in [6, 6.07) is 34.6. The van der Waals surface area contributed by atoms with Gasteiger partial charge in [-0.3, -0.25) is 4.79 Å². The van der Waals surface area contributed by atoms with Crippen molar-refractivity contribution < 1.29 is 73.1 Å². The van der Waals surface area contributed by atoms with Crippen molar-refractivity contribution in [2.75, 3.05) is 26.3 Å². The lowest BCUT2D eigenvalue weighted by Gasteiger charge is -2.30. The third kappa shape index (κ3) is 14.6. The minimum atomic E-state index is -1.03. The molecular formula is C60H68INO15S2. The van der Waals surface area contributed by atoms with Gasteiger partial charge in [-0.05, 0) is 164 Å². The highest BCUT2D eigenvalue weighted by atomic mass is 127. The van der Waals surface area contributed by atoms with Crippen LogP contribution in [0.3, 0.4) is 0 Å². The van der Waals surface area contributed by atoms with E-state index in [1.165, 1.54) is 24.5 Å². The molecule has 5 aliphatic rings. The average Bonchev–Trinajstić information content (AvgIpc) is 4.41. The normalized spacial score (nSPS) is 24.6. The van der Waals surface area contributed by atoms with Gasteiger partial charge in [0, 0.05) is 49.0 Å². The predicted molar refractivity (Wildman–Crippen MR) is 307 cm³/mol. The van der Waals surface area contributed by atoms with Crippen LogP contribution in [0.4, 0.5) is 0 Å². The topological polar surface area (TPSA) is 220 Å². The zero-order valence-electron chi connectivity index (χ0n) is 45.3. The zero-order valence-corrected chi connectivity index (χ0v) is 49.1. The maximum absolute atomic E-state index is 12.3. The largest absolute Gasteiger partial charge is 0.478 e. The van der Waals surface area contributed by atoms with E-state index >= 15 is 0 Å². The van der Waals surface area contributed by atoms with Crippen LogP contribution in [0.1, 0.15) is 106 Å². The van der Waals surface area contributed by atoms with E-state index in [-0.39, 0.29) is 11.5 Å². The quantitative estimate of drug-likeness (QED) is 0.0762. The zero-order chi connectivity index (χ0) is 56.9. The number of rotatable bonds is 11. The number of halogens is 1. The fourth-order valence-corrected chi connectivity index (χ4v) is 12.3. The first-order chi connectivity index (χ1) is 37.6. The van der Waals surface area contributed by atoms with Gasteiger partial charge in [-0.2, -0.15) is 0 Å². The van der Waals surface area contributed by atoms with E-state index < -0.39 is 78.8 Å². The fourth-order valence-electron chi connectivity index (χ4n) is 9.71. The van der Waals surface area contributed by atoms with Crippen molar-refractivity contribution in [3.8, 4) is 20.9 Å². The molecule has 1 unspecified atom stereocenters. The van der Waals surface area contributed by atoms with Gasteiger partial charge in [-0.15, -0.1) is 22.7 Å². The van der Waals surface area contributed by atoms with Gasteiger partial charge in [0.25, 0.3) is 5.91 Å². The number of ether oxygens (including phenoxy) is 7. The average molecular weight is 1230 g/mol. The highest BCUT2D eigenvalue weighted by Gasteiger charge is 2.58. The molecular weight excluding hydrogens is 1170 g/mol. The van der Waals surface area contributed by atoms with Gasteiger partial charge < -0.3 is 63.6 Å². The van der Waals surface area contributed by atoms with Gasteiger partial charge in [0.1, 0.15) is 36.6 Å². The second-order valence-electron chi connectivity index (χ2n) is 20.4. The molecule has 5 aliphatic heterocycles. The number of aromatic carboxylic acids is 2. The maximum Gasteiger partial charge on any atom is 0.335 e. The van der Waals surface area contributed by atoms with Crippen LogP contribution >= 0.6 is 45.3 Å². The monoisotopic (exact) mass is 1230 g/mol. The number of carboxylic acids is 2. The van der Waals surface area contributed by atoms with Crippen molar-refractivity contribution in [1.29, 1.82) is 0 Å². The summed E-state index contributed by atoms with van der Waals surface area (Å²) in [4.78, 5) is 40.6. The smallest absolute Gasteiger partial charge is 0.335 e. The second-order valence-corrected chi connectivity index (χ2v) is 23.9.